The van der Waals surface area contributed by atoms with Crippen LogP contribution in [0.25, 0.3) is 0 Å². The fourth-order valence-corrected chi connectivity index (χ4v) is 3.53. The summed E-state index contributed by atoms with van der Waals surface area (Å²) in [6, 6.07) is 9.55. The molecule has 0 aliphatic rings. The Morgan fingerprint density at radius 3 is 2.39 bits per heavy atom. The van der Waals surface area contributed by atoms with Crippen LogP contribution in [0.3, 0.4) is 0 Å². The zero-order valence-corrected chi connectivity index (χ0v) is 20.2. The quantitative estimate of drug-likeness (QED) is 0.390. The number of alkyl halides is 3. The third kappa shape index (κ3) is 5.95. The number of pyridine rings is 1. The molecule has 1 amide bonds. The third-order valence-corrected chi connectivity index (χ3v) is 5.30. The first-order chi connectivity index (χ1) is 17.0. The molecule has 0 atom stereocenters. The number of amides is 1. The van der Waals surface area contributed by atoms with E-state index in [1.165, 1.54) is 47.5 Å². The summed E-state index contributed by atoms with van der Waals surface area (Å²) in [5.41, 5.74) is -0.917. The Labute approximate surface area is 210 Å². The number of carbonyl (C=O) groups excluding carboxylic acids is 2. The molecule has 0 unspecified atom stereocenters. The molecule has 1 heterocycles. The Morgan fingerprint density at radius 1 is 1.11 bits per heavy atom. The van der Waals surface area contributed by atoms with E-state index in [1.807, 2.05) is 0 Å². The Morgan fingerprint density at radius 2 is 1.83 bits per heavy atom. The number of rotatable bonds is 7. The van der Waals surface area contributed by atoms with Crippen molar-refractivity contribution in [2.75, 3.05) is 12.0 Å². The monoisotopic (exact) mass is 522 g/mol. The number of carbonyl (C=O) groups is 2. The van der Waals surface area contributed by atoms with Gasteiger partial charge in [-0.3, -0.25) is 4.79 Å². The van der Waals surface area contributed by atoms with Gasteiger partial charge in [0.1, 0.15) is 17.2 Å². The first-order valence-electron chi connectivity index (χ1n) is 10.6. The van der Waals surface area contributed by atoms with Gasteiger partial charge in [-0.05, 0) is 61.9 Å². The second kappa shape index (κ2) is 11.0. The minimum atomic E-state index is -4.75. The van der Waals surface area contributed by atoms with Crippen LogP contribution in [0.15, 0.2) is 54.7 Å². The van der Waals surface area contributed by atoms with Gasteiger partial charge in [-0.2, -0.15) is 13.2 Å². The van der Waals surface area contributed by atoms with Crippen LogP contribution in [0.5, 0.6) is 11.5 Å². The van der Waals surface area contributed by atoms with Crippen molar-refractivity contribution < 1.29 is 37.3 Å². The van der Waals surface area contributed by atoms with Gasteiger partial charge in [0.05, 0.1) is 35.6 Å². The lowest BCUT2D eigenvalue weighted by molar-refractivity contribution is -0.138. The summed E-state index contributed by atoms with van der Waals surface area (Å²) in [4.78, 5) is 31.2. The number of esters is 1. The van der Waals surface area contributed by atoms with Crippen LogP contribution in [0, 0.1) is 0 Å². The Bertz CT molecular complexity index is 1260. The second-order valence-electron chi connectivity index (χ2n) is 7.89. The largest absolute Gasteiger partial charge is 0.465 e. The summed E-state index contributed by atoms with van der Waals surface area (Å²) in [7, 11) is 1.14. The number of anilines is 1. The van der Waals surface area contributed by atoms with Crippen molar-refractivity contribution in [1.82, 2.24) is 4.98 Å². The Balaban J connectivity index is 2.07. The summed E-state index contributed by atoms with van der Waals surface area (Å²) < 4.78 is 51.0. The molecule has 36 heavy (non-hydrogen) atoms. The van der Waals surface area contributed by atoms with Crippen molar-refractivity contribution in [3.8, 4) is 11.5 Å². The molecule has 3 rings (SSSR count). The van der Waals surface area contributed by atoms with Gasteiger partial charge in [0.25, 0.3) is 5.91 Å². The minimum absolute atomic E-state index is 0.0576. The molecule has 0 saturated carbocycles. The van der Waals surface area contributed by atoms with Gasteiger partial charge < -0.3 is 19.5 Å². The molecule has 0 bridgehead atoms. The van der Waals surface area contributed by atoms with Crippen LogP contribution in [-0.2, 0) is 17.5 Å². The molecular formula is C25H22ClF3N2O5. The zero-order valence-electron chi connectivity index (χ0n) is 19.5. The lowest BCUT2D eigenvalue weighted by atomic mass is 10.1. The first kappa shape index (κ1) is 27.0. The van der Waals surface area contributed by atoms with Crippen LogP contribution in [-0.4, -0.2) is 35.1 Å². The highest BCUT2D eigenvalue weighted by Gasteiger charge is 2.35. The molecule has 3 aromatic rings. The van der Waals surface area contributed by atoms with E-state index in [2.05, 4.69) is 4.98 Å². The van der Waals surface area contributed by atoms with E-state index >= 15 is 0 Å². The maximum Gasteiger partial charge on any atom is 0.419 e. The van der Waals surface area contributed by atoms with Crippen LogP contribution in [0.2, 0.25) is 5.02 Å². The maximum atomic E-state index is 13.6. The molecule has 0 spiro atoms. The molecule has 0 radical (unpaired) electrons. The molecule has 7 nitrogen and oxygen atoms in total. The van der Waals surface area contributed by atoms with Crippen molar-refractivity contribution in [2.24, 2.45) is 0 Å². The van der Waals surface area contributed by atoms with E-state index in [0.717, 1.165) is 19.2 Å². The molecule has 2 aromatic carbocycles. The average Bonchev–Trinajstić information content (AvgIpc) is 2.84. The fourth-order valence-electron chi connectivity index (χ4n) is 3.42. The number of aliphatic hydroxyl groups excluding tert-OH is 1. The molecule has 1 N–H and O–H groups in total. The molecule has 11 heteroatoms. The smallest absolute Gasteiger partial charge is 0.419 e. The highest BCUT2D eigenvalue weighted by atomic mass is 35.5. The van der Waals surface area contributed by atoms with E-state index in [1.54, 1.807) is 13.8 Å². The highest BCUT2D eigenvalue weighted by molar-refractivity contribution is 6.30. The van der Waals surface area contributed by atoms with E-state index in [-0.39, 0.29) is 28.3 Å². The molecule has 0 saturated heterocycles. The SMILES string of the molecule is COC(=O)c1cc(Oc2ccc(CO)cc2C(F)(F)F)ccc1N(C(=O)c1ccc(Cl)cn1)C(C)C. The van der Waals surface area contributed by atoms with Crippen LogP contribution < -0.4 is 9.64 Å². The average molecular weight is 523 g/mol. The first-order valence-corrected chi connectivity index (χ1v) is 11.0. The van der Waals surface area contributed by atoms with Gasteiger partial charge in [-0.1, -0.05) is 17.7 Å². The number of hydrogen-bond donors (Lipinski definition) is 1. The summed E-state index contributed by atoms with van der Waals surface area (Å²) >= 11 is 5.86. The van der Waals surface area contributed by atoms with E-state index in [4.69, 9.17) is 21.1 Å². The number of methoxy groups -OCH3 is 1. The fraction of sp³-hybridized carbons (Fsp3) is 0.240. The van der Waals surface area contributed by atoms with Crippen LogP contribution >= 0.6 is 11.6 Å². The van der Waals surface area contributed by atoms with Crippen LogP contribution in [0.4, 0.5) is 18.9 Å². The summed E-state index contributed by atoms with van der Waals surface area (Å²) in [5, 5.41) is 9.54. The van der Waals surface area contributed by atoms with E-state index < -0.39 is 42.0 Å². The summed E-state index contributed by atoms with van der Waals surface area (Å²) in [6.07, 6.45) is -3.44. The predicted octanol–water partition coefficient (Wildman–Crippen LogP) is 5.88. The number of aromatic nitrogens is 1. The topological polar surface area (TPSA) is 89.0 Å². The van der Waals surface area contributed by atoms with Gasteiger partial charge in [-0.25, -0.2) is 9.78 Å². The lowest BCUT2D eigenvalue weighted by Crippen LogP contribution is -2.38. The molecule has 190 valence electrons. The van der Waals surface area contributed by atoms with Gasteiger partial charge in [0, 0.05) is 12.2 Å². The van der Waals surface area contributed by atoms with Crippen molar-refractivity contribution >= 4 is 29.2 Å². The number of benzene rings is 2. The standard InChI is InChI=1S/C25H22ClF3N2O5/c1-14(2)31(23(33)20-7-5-16(26)12-30-20)21-8-6-17(11-18(21)24(34)35-3)36-22-9-4-15(13-32)10-19(22)25(27,28)29/h4-12,14,32H,13H2,1-3H3. The third-order valence-electron chi connectivity index (χ3n) is 5.07. The van der Waals surface area contributed by atoms with Crippen molar-refractivity contribution in [2.45, 2.75) is 32.7 Å². The predicted molar refractivity (Wildman–Crippen MR) is 126 cm³/mol. The molecule has 0 fully saturated rings. The van der Waals surface area contributed by atoms with Crippen molar-refractivity contribution in [3.63, 3.8) is 0 Å². The number of hydrogen-bond acceptors (Lipinski definition) is 6. The highest BCUT2D eigenvalue weighted by Crippen LogP contribution is 2.40. The number of aliphatic hydroxyl groups is 1. The normalized spacial score (nSPS) is 11.4. The molecular weight excluding hydrogens is 501 g/mol. The van der Waals surface area contributed by atoms with Crippen molar-refractivity contribution in [3.05, 3.63) is 82.1 Å². The zero-order chi connectivity index (χ0) is 26.6. The van der Waals surface area contributed by atoms with E-state index in [9.17, 15) is 27.9 Å². The molecule has 0 aliphatic carbocycles. The van der Waals surface area contributed by atoms with Gasteiger partial charge in [0.15, 0.2) is 0 Å². The molecule has 1 aromatic heterocycles. The number of nitrogens with zero attached hydrogens (tertiary/aromatic N) is 2. The summed E-state index contributed by atoms with van der Waals surface area (Å²) in [6.45, 7) is 2.86. The van der Waals surface area contributed by atoms with Crippen LogP contribution in [0.1, 0.15) is 45.8 Å². The number of halogens is 4. The Kier molecular flexibility index (Phi) is 8.21. The Hall–Kier alpha value is -3.63. The van der Waals surface area contributed by atoms with E-state index in [0.29, 0.717) is 5.02 Å². The van der Waals surface area contributed by atoms with Crippen molar-refractivity contribution in [1.29, 1.82) is 0 Å². The maximum absolute atomic E-state index is 13.6. The number of ether oxygens (including phenoxy) is 2. The summed E-state index contributed by atoms with van der Waals surface area (Å²) in [5.74, 6) is -1.98. The minimum Gasteiger partial charge on any atom is -0.465 e. The molecule has 0 aliphatic heterocycles. The van der Waals surface area contributed by atoms with Gasteiger partial charge >= 0.3 is 12.1 Å². The lowest BCUT2D eigenvalue weighted by Gasteiger charge is -2.28. The second-order valence-corrected chi connectivity index (χ2v) is 8.33. The van der Waals surface area contributed by atoms with Gasteiger partial charge in [0.2, 0.25) is 0 Å². The van der Waals surface area contributed by atoms with Gasteiger partial charge in [-0.15, -0.1) is 0 Å².